The van der Waals surface area contributed by atoms with Crippen molar-refractivity contribution in [2.75, 3.05) is 0 Å². The van der Waals surface area contributed by atoms with Crippen LogP contribution in [0, 0.1) is 5.92 Å². The molecule has 1 amide bonds. The first-order valence-corrected chi connectivity index (χ1v) is 7.89. The molecule has 0 saturated heterocycles. The van der Waals surface area contributed by atoms with E-state index in [0.717, 1.165) is 24.6 Å². The third-order valence-electron chi connectivity index (χ3n) is 4.51. The first-order valence-electron chi connectivity index (χ1n) is 7.89. The molecule has 3 rings (SSSR count). The second-order valence-electron chi connectivity index (χ2n) is 6.13. The van der Waals surface area contributed by atoms with E-state index < -0.39 is 0 Å². The van der Waals surface area contributed by atoms with Crippen molar-refractivity contribution in [1.82, 2.24) is 15.1 Å². The summed E-state index contributed by atoms with van der Waals surface area (Å²) in [7, 11) is 0. The number of carbonyl (C=O) groups excluding carboxylic acids is 1. The average Bonchev–Trinajstić information content (AvgIpc) is 2.53. The standard InChI is InChI=1S/C17H21N3O2/c1-12-6-2-5-9-15(12)19-16(21)11-20-17(22)14-8-4-3-7-13(14)10-18-20/h3-4,7-8,10,12,15H,2,5-6,9,11H2,1H3,(H,19,21). The van der Waals surface area contributed by atoms with Crippen molar-refractivity contribution in [3.63, 3.8) is 0 Å². The van der Waals surface area contributed by atoms with Crippen LogP contribution in [0.1, 0.15) is 32.6 Å². The zero-order chi connectivity index (χ0) is 15.5. The van der Waals surface area contributed by atoms with E-state index in [1.165, 1.54) is 11.1 Å². The smallest absolute Gasteiger partial charge is 0.275 e. The highest BCUT2D eigenvalue weighted by Gasteiger charge is 2.23. The molecule has 1 aliphatic carbocycles. The second kappa shape index (κ2) is 6.30. The number of hydrogen-bond acceptors (Lipinski definition) is 3. The van der Waals surface area contributed by atoms with Gasteiger partial charge in [0, 0.05) is 11.4 Å². The van der Waals surface area contributed by atoms with Crippen molar-refractivity contribution in [3.8, 4) is 0 Å². The van der Waals surface area contributed by atoms with Gasteiger partial charge in [-0.15, -0.1) is 0 Å². The summed E-state index contributed by atoms with van der Waals surface area (Å²) in [6.45, 7) is 2.15. The van der Waals surface area contributed by atoms with Crippen LogP contribution in [-0.4, -0.2) is 21.7 Å². The van der Waals surface area contributed by atoms with E-state index in [0.29, 0.717) is 11.3 Å². The van der Waals surface area contributed by atoms with Gasteiger partial charge in [0.05, 0.1) is 11.6 Å². The quantitative estimate of drug-likeness (QED) is 0.944. The molecule has 0 bridgehead atoms. The lowest BCUT2D eigenvalue weighted by Gasteiger charge is -2.29. The number of rotatable bonds is 3. The lowest BCUT2D eigenvalue weighted by atomic mass is 9.86. The Morgan fingerprint density at radius 1 is 1.32 bits per heavy atom. The molecule has 1 aromatic heterocycles. The van der Waals surface area contributed by atoms with Crippen LogP contribution in [-0.2, 0) is 11.3 Å². The number of amides is 1. The van der Waals surface area contributed by atoms with Gasteiger partial charge < -0.3 is 5.32 Å². The largest absolute Gasteiger partial charge is 0.351 e. The molecule has 5 nitrogen and oxygen atoms in total. The summed E-state index contributed by atoms with van der Waals surface area (Å²) in [6, 6.07) is 7.51. The van der Waals surface area contributed by atoms with Gasteiger partial charge in [0.2, 0.25) is 5.91 Å². The zero-order valence-electron chi connectivity index (χ0n) is 12.8. The maximum absolute atomic E-state index is 12.3. The average molecular weight is 299 g/mol. The van der Waals surface area contributed by atoms with E-state index in [9.17, 15) is 9.59 Å². The van der Waals surface area contributed by atoms with E-state index in [1.807, 2.05) is 18.2 Å². The molecule has 1 aliphatic rings. The molecule has 1 saturated carbocycles. The highest BCUT2D eigenvalue weighted by molar-refractivity contribution is 5.81. The Morgan fingerprint density at radius 3 is 2.91 bits per heavy atom. The summed E-state index contributed by atoms with van der Waals surface area (Å²) in [6.07, 6.45) is 6.20. The highest BCUT2D eigenvalue weighted by atomic mass is 16.2. The Hall–Kier alpha value is -2.17. The molecule has 116 valence electrons. The number of fused-ring (bicyclic) bond motifs is 1. The van der Waals surface area contributed by atoms with E-state index in [1.54, 1.807) is 12.3 Å². The molecule has 0 spiro atoms. The van der Waals surface area contributed by atoms with Crippen molar-refractivity contribution in [2.45, 2.75) is 45.2 Å². The molecular weight excluding hydrogens is 278 g/mol. The van der Waals surface area contributed by atoms with Crippen LogP contribution in [0.25, 0.3) is 10.8 Å². The lowest BCUT2D eigenvalue weighted by molar-refractivity contribution is -0.123. The van der Waals surface area contributed by atoms with E-state index in [2.05, 4.69) is 17.3 Å². The first kappa shape index (κ1) is 14.8. The molecule has 0 radical (unpaired) electrons. The minimum Gasteiger partial charge on any atom is -0.351 e. The topological polar surface area (TPSA) is 64.0 Å². The van der Waals surface area contributed by atoms with Crippen molar-refractivity contribution >= 4 is 16.7 Å². The van der Waals surface area contributed by atoms with Gasteiger partial charge in [-0.05, 0) is 24.8 Å². The number of aromatic nitrogens is 2. The van der Waals surface area contributed by atoms with Crippen molar-refractivity contribution < 1.29 is 4.79 Å². The van der Waals surface area contributed by atoms with Crippen LogP contribution in [0.5, 0.6) is 0 Å². The zero-order valence-corrected chi connectivity index (χ0v) is 12.8. The number of carbonyl (C=O) groups is 1. The predicted octanol–water partition coefficient (Wildman–Crippen LogP) is 2.09. The van der Waals surface area contributed by atoms with Gasteiger partial charge in [0.25, 0.3) is 5.56 Å². The van der Waals surface area contributed by atoms with E-state index in [-0.39, 0.29) is 24.1 Å². The van der Waals surface area contributed by atoms with Crippen LogP contribution >= 0.6 is 0 Å². The number of hydrogen-bond donors (Lipinski definition) is 1. The minimum atomic E-state index is -0.218. The maximum Gasteiger partial charge on any atom is 0.275 e. The summed E-state index contributed by atoms with van der Waals surface area (Å²) in [5, 5.41) is 8.55. The fourth-order valence-corrected chi connectivity index (χ4v) is 3.16. The fourth-order valence-electron chi connectivity index (χ4n) is 3.16. The lowest BCUT2D eigenvalue weighted by Crippen LogP contribution is -2.43. The molecule has 1 N–H and O–H groups in total. The van der Waals surface area contributed by atoms with Gasteiger partial charge in [-0.3, -0.25) is 9.59 Å². The van der Waals surface area contributed by atoms with Gasteiger partial charge in [-0.2, -0.15) is 5.10 Å². The van der Waals surface area contributed by atoms with Gasteiger partial charge in [0.15, 0.2) is 0 Å². The van der Waals surface area contributed by atoms with Crippen LogP contribution in [0.2, 0.25) is 0 Å². The van der Waals surface area contributed by atoms with Gasteiger partial charge in [-0.1, -0.05) is 38.0 Å². The SMILES string of the molecule is CC1CCCCC1NC(=O)Cn1ncc2ccccc2c1=O. The monoisotopic (exact) mass is 299 g/mol. The fraction of sp³-hybridized carbons (Fsp3) is 0.471. The Morgan fingerprint density at radius 2 is 2.09 bits per heavy atom. The molecule has 5 heteroatoms. The normalized spacial score (nSPS) is 21.7. The molecule has 1 heterocycles. The van der Waals surface area contributed by atoms with Crippen LogP contribution in [0.15, 0.2) is 35.3 Å². The Labute approximate surface area is 129 Å². The molecule has 1 aromatic carbocycles. The van der Waals surface area contributed by atoms with Gasteiger partial charge in [-0.25, -0.2) is 4.68 Å². The summed E-state index contributed by atoms with van der Waals surface area (Å²) in [5.41, 5.74) is -0.218. The van der Waals surface area contributed by atoms with Gasteiger partial charge >= 0.3 is 0 Å². The molecule has 0 aliphatic heterocycles. The molecule has 2 unspecified atom stereocenters. The summed E-state index contributed by atoms with van der Waals surface area (Å²) < 4.78 is 1.24. The molecular formula is C17H21N3O2. The van der Waals surface area contributed by atoms with Gasteiger partial charge in [0.1, 0.15) is 6.54 Å². The molecule has 2 atom stereocenters. The van der Waals surface area contributed by atoms with Crippen LogP contribution in [0.3, 0.4) is 0 Å². The summed E-state index contributed by atoms with van der Waals surface area (Å²) in [4.78, 5) is 24.5. The third-order valence-corrected chi connectivity index (χ3v) is 4.51. The maximum atomic E-state index is 12.3. The van der Waals surface area contributed by atoms with Crippen molar-refractivity contribution in [2.24, 2.45) is 5.92 Å². The molecule has 22 heavy (non-hydrogen) atoms. The summed E-state index contributed by atoms with van der Waals surface area (Å²) >= 11 is 0. The van der Waals surface area contributed by atoms with Crippen LogP contribution in [0.4, 0.5) is 0 Å². The highest BCUT2D eigenvalue weighted by Crippen LogP contribution is 2.23. The number of benzene rings is 1. The Balaban J connectivity index is 1.74. The predicted molar refractivity (Wildman–Crippen MR) is 85.6 cm³/mol. The Bertz CT molecular complexity index is 738. The minimum absolute atomic E-state index is 0.0209. The molecule has 1 fully saturated rings. The van der Waals surface area contributed by atoms with Crippen LogP contribution < -0.4 is 10.9 Å². The number of nitrogens with one attached hydrogen (secondary N) is 1. The van der Waals surface area contributed by atoms with Crippen molar-refractivity contribution in [1.29, 1.82) is 0 Å². The van der Waals surface area contributed by atoms with Crippen molar-refractivity contribution in [3.05, 3.63) is 40.8 Å². The third kappa shape index (κ3) is 3.03. The van der Waals surface area contributed by atoms with E-state index in [4.69, 9.17) is 0 Å². The number of nitrogens with zero attached hydrogens (tertiary/aromatic N) is 2. The summed E-state index contributed by atoms with van der Waals surface area (Å²) in [5.74, 6) is 0.364. The van der Waals surface area contributed by atoms with E-state index >= 15 is 0 Å². The second-order valence-corrected chi connectivity index (χ2v) is 6.13. The molecule has 2 aromatic rings. The Kier molecular flexibility index (Phi) is 4.22. The first-order chi connectivity index (χ1) is 10.6.